The Labute approximate surface area is 183 Å². The number of Topliss-reactive ketones (excluding diaryl/α,β-unsaturated/α-hetero) is 1. The highest BCUT2D eigenvalue weighted by Crippen LogP contribution is 2.41. The van der Waals surface area contributed by atoms with E-state index in [1.165, 1.54) is 24.3 Å². The van der Waals surface area contributed by atoms with Crippen LogP contribution in [0, 0.1) is 11.6 Å². The molecule has 2 aliphatic heterocycles. The fraction of sp³-hybridized carbons (Fsp3) is 0.348. The summed E-state index contributed by atoms with van der Waals surface area (Å²) in [4.78, 5) is 40.0. The van der Waals surface area contributed by atoms with Gasteiger partial charge in [0.05, 0.1) is 11.1 Å². The molecule has 9 heteroatoms. The van der Waals surface area contributed by atoms with Gasteiger partial charge in [0.25, 0.3) is 0 Å². The molecule has 0 atom stereocenters. The second-order valence-corrected chi connectivity index (χ2v) is 8.31. The molecule has 32 heavy (non-hydrogen) atoms. The lowest BCUT2D eigenvalue weighted by Crippen LogP contribution is -2.59. The van der Waals surface area contributed by atoms with Crippen LogP contribution in [0.1, 0.15) is 45.5 Å². The van der Waals surface area contributed by atoms with Crippen molar-refractivity contribution in [3.63, 3.8) is 0 Å². The quantitative estimate of drug-likeness (QED) is 0.759. The zero-order chi connectivity index (χ0) is 23.0. The number of carboxylic acid groups (broad SMARTS) is 1. The van der Waals surface area contributed by atoms with Crippen molar-refractivity contribution in [2.45, 2.75) is 31.3 Å². The van der Waals surface area contributed by atoms with Gasteiger partial charge in [-0.05, 0) is 48.7 Å². The monoisotopic (exact) mass is 443 g/mol. The number of likely N-dealkylation sites (tertiary alicyclic amines) is 1. The van der Waals surface area contributed by atoms with Crippen LogP contribution in [0.4, 0.5) is 19.3 Å². The van der Waals surface area contributed by atoms with Gasteiger partial charge < -0.3 is 20.2 Å². The molecule has 0 aromatic heterocycles. The number of aromatic carboxylic acids is 1. The first kappa shape index (κ1) is 21.7. The van der Waals surface area contributed by atoms with E-state index in [0.717, 1.165) is 6.07 Å². The number of carbonyl (C=O) groups excluding carboxylic acids is 2. The topological polar surface area (TPSA) is 90.0 Å². The molecule has 2 aliphatic rings. The average Bonchev–Trinajstić information content (AvgIpc) is 2.77. The fourth-order valence-corrected chi connectivity index (χ4v) is 4.57. The van der Waals surface area contributed by atoms with Crippen molar-refractivity contribution >= 4 is 23.5 Å². The van der Waals surface area contributed by atoms with E-state index in [0.29, 0.717) is 42.7 Å². The number of rotatable bonds is 3. The molecule has 2 N–H and O–H groups in total. The smallest absolute Gasteiger partial charge is 0.338 e. The van der Waals surface area contributed by atoms with Crippen molar-refractivity contribution in [3.8, 4) is 0 Å². The lowest BCUT2D eigenvalue weighted by molar-refractivity contribution is 0.0691. The Balaban J connectivity index is 1.39. The molecule has 168 valence electrons. The number of carbonyl (C=O) groups is 3. The normalized spacial score (nSPS) is 17.3. The number of urea groups is 1. The minimum absolute atomic E-state index is 0.0678. The van der Waals surface area contributed by atoms with Gasteiger partial charge in [0.2, 0.25) is 0 Å². The van der Waals surface area contributed by atoms with Crippen molar-refractivity contribution in [2.24, 2.45) is 0 Å². The summed E-state index contributed by atoms with van der Waals surface area (Å²) in [6.07, 6.45) is 1.43. The maximum absolute atomic E-state index is 13.6. The first-order chi connectivity index (χ1) is 15.2. The van der Waals surface area contributed by atoms with Crippen molar-refractivity contribution < 1.29 is 28.3 Å². The predicted molar refractivity (Wildman–Crippen MR) is 113 cm³/mol. The van der Waals surface area contributed by atoms with Gasteiger partial charge >= 0.3 is 12.0 Å². The first-order valence-corrected chi connectivity index (χ1v) is 10.3. The van der Waals surface area contributed by atoms with Crippen LogP contribution in [0.25, 0.3) is 0 Å². The minimum Gasteiger partial charge on any atom is -0.478 e. The van der Waals surface area contributed by atoms with Gasteiger partial charge in [-0.2, -0.15) is 0 Å². The molecule has 4 rings (SSSR count). The summed E-state index contributed by atoms with van der Waals surface area (Å²) in [5.74, 6) is -2.73. The molecule has 1 fully saturated rings. The number of hydrogen-bond acceptors (Lipinski definition) is 4. The van der Waals surface area contributed by atoms with Crippen LogP contribution in [0.2, 0.25) is 0 Å². The molecular formula is C23H23F2N3O4. The number of anilines is 1. The van der Waals surface area contributed by atoms with Gasteiger partial charge in [-0.25, -0.2) is 18.4 Å². The van der Waals surface area contributed by atoms with E-state index < -0.39 is 28.7 Å². The summed E-state index contributed by atoms with van der Waals surface area (Å²) in [6.45, 7) is 0.936. The molecule has 2 aromatic rings. The molecule has 2 aromatic carbocycles. The Morgan fingerprint density at radius 2 is 1.84 bits per heavy atom. The van der Waals surface area contributed by atoms with E-state index in [9.17, 15) is 23.2 Å². The molecule has 1 saturated heterocycles. The predicted octanol–water partition coefficient (Wildman–Crippen LogP) is 3.43. The van der Waals surface area contributed by atoms with Gasteiger partial charge in [0.1, 0.15) is 11.6 Å². The van der Waals surface area contributed by atoms with E-state index in [1.54, 1.807) is 11.0 Å². The number of piperidine rings is 1. The Morgan fingerprint density at radius 1 is 1.12 bits per heavy atom. The van der Waals surface area contributed by atoms with Gasteiger partial charge in [-0.1, -0.05) is 6.07 Å². The van der Waals surface area contributed by atoms with E-state index in [2.05, 4.69) is 5.32 Å². The van der Waals surface area contributed by atoms with Gasteiger partial charge in [0.15, 0.2) is 5.78 Å². The van der Waals surface area contributed by atoms with Crippen LogP contribution in [0.5, 0.6) is 0 Å². The highest BCUT2D eigenvalue weighted by Gasteiger charge is 2.45. The van der Waals surface area contributed by atoms with Crippen LogP contribution in [0.15, 0.2) is 36.4 Å². The zero-order valence-corrected chi connectivity index (χ0v) is 17.5. The van der Waals surface area contributed by atoms with Crippen LogP contribution in [-0.2, 0) is 6.54 Å². The van der Waals surface area contributed by atoms with E-state index in [-0.39, 0.29) is 24.8 Å². The summed E-state index contributed by atoms with van der Waals surface area (Å²) < 4.78 is 27.1. The third-order valence-corrected chi connectivity index (χ3v) is 6.51. The average molecular weight is 443 g/mol. The molecule has 0 bridgehead atoms. The molecule has 0 saturated carbocycles. The standard InChI is InChI=1S/C23H23F2N3O4/c1-27-19-5-3-15(24)11-17(19)20(29)12-23(27)6-8-28(9-7-23)22(32)26-13-14-2-4-18(25)16(10-14)21(30)31/h2-5,10-11H,6-9,12-13H2,1H3,(H,26,32)(H,30,31). The second-order valence-electron chi connectivity index (χ2n) is 8.31. The highest BCUT2D eigenvalue weighted by atomic mass is 19.1. The van der Waals surface area contributed by atoms with Gasteiger partial charge in [0, 0.05) is 44.4 Å². The van der Waals surface area contributed by atoms with Crippen molar-refractivity contribution in [1.82, 2.24) is 10.2 Å². The molecule has 2 heterocycles. The van der Waals surface area contributed by atoms with E-state index >= 15 is 0 Å². The molecule has 0 unspecified atom stereocenters. The number of ketones is 1. The van der Waals surface area contributed by atoms with Crippen molar-refractivity contribution in [2.75, 3.05) is 25.0 Å². The number of halogens is 2. The Morgan fingerprint density at radius 3 is 2.53 bits per heavy atom. The number of nitrogens with one attached hydrogen (secondary N) is 1. The molecular weight excluding hydrogens is 420 g/mol. The number of fused-ring (bicyclic) bond motifs is 1. The van der Waals surface area contributed by atoms with Gasteiger partial charge in [-0.3, -0.25) is 4.79 Å². The van der Waals surface area contributed by atoms with Crippen LogP contribution in [0.3, 0.4) is 0 Å². The number of carboxylic acids is 1. The Hall–Kier alpha value is -3.49. The van der Waals surface area contributed by atoms with E-state index in [1.807, 2.05) is 11.9 Å². The fourth-order valence-electron chi connectivity index (χ4n) is 4.57. The third kappa shape index (κ3) is 3.90. The second kappa shape index (κ2) is 8.22. The Kier molecular flexibility index (Phi) is 5.58. The maximum Gasteiger partial charge on any atom is 0.338 e. The lowest BCUT2D eigenvalue weighted by atomic mass is 9.77. The molecule has 1 spiro atoms. The number of amides is 2. The summed E-state index contributed by atoms with van der Waals surface area (Å²) in [6, 6.07) is 7.62. The largest absolute Gasteiger partial charge is 0.478 e. The van der Waals surface area contributed by atoms with Crippen molar-refractivity contribution in [1.29, 1.82) is 0 Å². The Bertz CT molecular complexity index is 1100. The molecule has 0 aliphatic carbocycles. The number of hydrogen-bond donors (Lipinski definition) is 2. The van der Waals surface area contributed by atoms with E-state index in [4.69, 9.17) is 5.11 Å². The van der Waals surface area contributed by atoms with Crippen molar-refractivity contribution in [3.05, 3.63) is 64.7 Å². The summed E-state index contributed by atoms with van der Waals surface area (Å²) >= 11 is 0. The molecule has 0 radical (unpaired) electrons. The first-order valence-electron chi connectivity index (χ1n) is 10.3. The summed E-state index contributed by atoms with van der Waals surface area (Å²) in [5.41, 5.74) is 0.699. The molecule has 2 amide bonds. The number of nitrogens with zero attached hydrogens (tertiary/aromatic N) is 2. The van der Waals surface area contributed by atoms with Crippen LogP contribution in [-0.4, -0.2) is 53.5 Å². The maximum atomic E-state index is 13.6. The molecule has 7 nitrogen and oxygen atoms in total. The van der Waals surface area contributed by atoms with Crippen LogP contribution >= 0.6 is 0 Å². The zero-order valence-electron chi connectivity index (χ0n) is 17.5. The number of benzene rings is 2. The minimum atomic E-state index is -1.37. The van der Waals surface area contributed by atoms with Gasteiger partial charge in [-0.15, -0.1) is 0 Å². The summed E-state index contributed by atoms with van der Waals surface area (Å²) in [7, 11) is 1.90. The summed E-state index contributed by atoms with van der Waals surface area (Å²) in [5, 5.41) is 11.8. The SMILES string of the molecule is CN1c2ccc(F)cc2C(=O)CC12CCN(C(=O)NCc1ccc(F)c(C(=O)O)c1)CC2. The highest BCUT2D eigenvalue weighted by molar-refractivity contribution is 6.04. The third-order valence-electron chi connectivity index (χ3n) is 6.51. The lowest BCUT2D eigenvalue weighted by Gasteiger charge is -2.50. The van der Waals surface area contributed by atoms with Crippen LogP contribution < -0.4 is 10.2 Å².